The number of nitrogens with zero attached hydrogens (tertiary/aromatic N) is 2. The van der Waals surface area contributed by atoms with Gasteiger partial charge in [0.05, 0.1) is 13.2 Å². The normalized spacial score (nSPS) is 24.5. The quantitative estimate of drug-likeness (QED) is 0.0186. The molecule has 13 atom stereocenters. The summed E-state index contributed by atoms with van der Waals surface area (Å²) in [4.78, 5) is 221. The first-order valence-corrected chi connectivity index (χ1v) is 35.9. The zero-order valence-electron chi connectivity index (χ0n) is 62.8. The van der Waals surface area contributed by atoms with E-state index in [4.69, 9.17) is 44.6 Å². The van der Waals surface area contributed by atoms with E-state index in [1.165, 1.54) is 44.7 Å². The molecule has 0 aliphatic carbocycles. The number of fused-ring (bicyclic) bond motifs is 1. The lowest BCUT2D eigenvalue weighted by molar-refractivity contribution is -0.275. The molecule has 0 aromatic heterocycles. The minimum atomic E-state index is -1.82. The molecule has 0 bridgehead atoms. The third-order valence-electron chi connectivity index (χ3n) is 16.8. The molecule has 105 heavy (non-hydrogen) atoms. The number of amides is 13. The van der Waals surface area contributed by atoms with Gasteiger partial charge < -0.3 is 97.4 Å². The Bertz CT molecular complexity index is 3030. The number of primary amides is 1. The van der Waals surface area contributed by atoms with Gasteiger partial charge in [0.25, 0.3) is 5.91 Å². The van der Waals surface area contributed by atoms with E-state index in [-0.39, 0.29) is 122 Å². The average molecular weight is 1490 g/mol. The zero-order chi connectivity index (χ0) is 78.8. The summed E-state index contributed by atoms with van der Waals surface area (Å²) < 4.78 is 39.0. The number of carbonyl (C=O) groups excluding carboxylic acids is 16. The Labute approximate surface area is 612 Å². The van der Waals surface area contributed by atoms with Gasteiger partial charge in [-0.25, -0.2) is 14.5 Å². The number of unbranched alkanes of at least 4 members (excludes halogenated alkanes) is 2. The van der Waals surface area contributed by atoms with E-state index in [2.05, 4.69) is 47.9 Å². The van der Waals surface area contributed by atoms with Gasteiger partial charge in [-0.2, -0.15) is 0 Å². The van der Waals surface area contributed by atoms with Crippen molar-refractivity contribution in [2.24, 2.45) is 29.2 Å². The van der Waals surface area contributed by atoms with Crippen molar-refractivity contribution in [1.29, 1.82) is 0 Å². The molecule has 0 aromatic rings. The van der Waals surface area contributed by atoms with Crippen LogP contribution < -0.4 is 59.3 Å². The monoisotopic (exact) mass is 1490 g/mol. The molecule has 0 saturated carbocycles. The highest BCUT2D eigenvalue weighted by Gasteiger charge is 2.52. The predicted octanol–water partition coefficient (Wildman–Crippen LogP) is -0.172. The van der Waals surface area contributed by atoms with Crippen molar-refractivity contribution in [2.75, 3.05) is 52.5 Å². The van der Waals surface area contributed by atoms with Crippen LogP contribution in [0.2, 0.25) is 0 Å². The second-order valence-electron chi connectivity index (χ2n) is 28.0. The molecule has 36 nitrogen and oxygen atoms in total. The summed E-state index contributed by atoms with van der Waals surface area (Å²) in [5.74, 6) is -12.7. The first kappa shape index (κ1) is 90.2. The SMILES string of the molecule is CC[C@H](C)[C@@H]1NC(=O)[C@H](CCCCN)N(C(=O)OC(C)(C)C)C(=O)[C@H](CCC(=O)NCCC(N)=O)NC(=O)[C@H](CC(C)C)NC(=O)CNC(=O)[C@@H]2CCCN2C(=O)[C@H](CC(C)C)NC(=O)[C@H](CCCCNC(=O)OC/C=C\CO[C@@H]2O[C@H](COC(C)=O)[C@@H](OC(C)=O)[C@H](OC(C)=O)[C@H]2NC(C)=O)NC1=O. The van der Waals surface area contributed by atoms with Crippen molar-refractivity contribution in [1.82, 2.24) is 57.7 Å². The Morgan fingerprint density at radius 3 is 1.89 bits per heavy atom. The average Bonchev–Trinajstić information content (AvgIpc) is 1.58. The number of carbonyl (C=O) groups is 16. The van der Waals surface area contributed by atoms with Crippen LogP contribution in [0.25, 0.3) is 0 Å². The Balaban J connectivity index is 2.07. The first-order valence-electron chi connectivity index (χ1n) is 35.9. The summed E-state index contributed by atoms with van der Waals surface area (Å²) in [6.45, 7) is 17.8. The van der Waals surface area contributed by atoms with E-state index in [9.17, 15) is 62.3 Å². The highest BCUT2D eigenvalue weighted by atomic mass is 16.7. The van der Waals surface area contributed by atoms with Crippen molar-refractivity contribution in [3.8, 4) is 0 Å². The van der Waals surface area contributed by atoms with Crippen molar-refractivity contribution in [3.05, 3.63) is 12.2 Å². The van der Waals surface area contributed by atoms with Crippen LogP contribution in [0, 0.1) is 17.8 Å². The van der Waals surface area contributed by atoms with E-state index in [1.807, 2.05) is 13.8 Å². The predicted molar refractivity (Wildman–Crippen MR) is 374 cm³/mol. The van der Waals surface area contributed by atoms with Crippen LogP contribution in [0.5, 0.6) is 0 Å². The lowest BCUT2D eigenvalue weighted by atomic mass is 9.96. The number of ether oxygens (including phenoxy) is 7. The van der Waals surface area contributed by atoms with E-state index >= 15 is 14.4 Å². The number of imide groups is 1. The Morgan fingerprint density at radius 2 is 1.28 bits per heavy atom. The van der Waals surface area contributed by atoms with Crippen LogP contribution in [0.4, 0.5) is 9.59 Å². The number of hydrogen-bond donors (Lipinski definition) is 11. The van der Waals surface area contributed by atoms with E-state index in [0.29, 0.717) is 11.3 Å². The molecule has 13 amide bonds. The van der Waals surface area contributed by atoms with Gasteiger partial charge in [0.1, 0.15) is 73.3 Å². The molecule has 3 rings (SSSR count). The summed E-state index contributed by atoms with van der Waals surface area (Å²) in [5.41, 5.74) is 9.88. The first-order chi connectivity index (χ1) is 49.4. The van der Waals surface area contributed by atoms with Gasteiger partial charge in [0.2, 0.25) is 59.1 Å². The van der Waals surface area contributed by atoms with E-state index in [1.54, 1.807) is 27.7 Å². The summed E-state index contributed by atoms with van der Waals surface area (Å²) in [6, 6.07) is -11.6. The number of rotatable bonds is 31. The molecule has 3 fully saturated rings. The molecule has 592 valence electrons. The third-order valence-corrected chi connectivity index (χ3v) is 16.8. The second-order valence-corrected chi connectivity index (χ2v) is 28.0. The fraction of sp³-hybridized carbons (Fsp3) is 0.739. The number of esters is 3. The van der Waals surface area contributed by atoms with Crippen LogP contribution in [-0.2, 0) is 100 Å². The van der Waals surface area contributed by atoms with Gasteiger partial charge >= 0.3 is 30.1 Å². The van der Waals surface area contributed by atoms with Crippen molar-refractivity contribution >= 4 is 95.1 Å². The molecule has 3 aliphatic rings. The van der Waals surface area contributed by atoms with Crippen LogP contribution >= 0.6 is 0 Å². The zero-order valence-corrected chi connectivity index (χ0v) is 62.8. The molecule has 0 unspecified atom stereocenters. The Kier molecular flexibility index (Phi) is 38.9. The molecule has 3 saturated heterocycles. The molecule has 0 radical (unpaired) electrons. The molecule has 0 aromatic carbocycles. The van der Waals surface area contributed by atoms with Gasteiger partial charge in [-0.05, 0) is 122 Å². The lowest BCUT2D eigenvalue weighted by Gasteiger charge is -2.44. The topological polar surface area (TPSA) is 505 Å². The smallest absolute Gasteiger partial charge is 0.417 e. The van der Waals surface area contributed by atoms with Crippen molar-refractivity contribution in [2.45, 2.75) is 258 Å². The molecule has 13 N–H and O–H groups in total. The Morgan fingerprint density at radius 1 is 0.657 bits per heavy atom. The number of hydrogen-bond acceptors (Lipinski definition) is 24. The largest absolute Gasteiger partial charge is 0.463 e. The standard InChI is InChI=1S/C69H113N13O23/c1-14-40(6)55-63(94)77-45(22-16-18-29-73-67(97)100-33-20-19-32-99-66-56(75-41(7)83)58(103-44(10)86)57(102-43(9)85)51(104-66)37-101-42(8)84)59(90)79-48(35-39(4)5)64(95)81-31-21-24-49(81)61(92)74-36-54(89)76-47(34-38(2)3)60(91)78-46(25-26-53(88)72-30-27-52(71)87)65(96)82(68(98)105-69(11,12)13)50(62(93)80-55)23-15-17-28-70/h19-20,38-40,45-51,55-58,66H,14-18,21-37,70H2,1-13H3,(H2,71,87)(H,72,88)(H,73,97)(H,74,92)(H,75,83)(H,76,89)(H,77,94)(H,78,91)(H,79,90)(H,80,93)/b20-19-/t40-,45-,46-,47-,48-,49-,50-,51+,55-,56+,57+,58+,66+/m0/s1. The summed E-state index contributed by atoms with van der Waals surface area (Å²) in [5, 5.41) is 23.8. The lowest BCUT2D eigenvalue weighted by Crippen LogP contribution is -2.66. The summed E-state index contributed by atoms with van der Waals surface area (Å²) >= 11 is 0. The number of nitrogens with two attached hydrogens (primary N) is 2. The fourth-order valence-electron chi connectivity index (χ4n) is 11.7. The number of alkyl carbamates (subject to hydrolysis) is 1. The molecule has 3 aliphatic heterocycles. The van der Waals surface area contributed by atoms with E-state index in [0.717, 1.165) is 20.8 Å². The maximum Gasteiger partial charge on any atom is 0.417 e. The summed E-state index contributed by atoms with van der Waals surface area (Å²) in [7, 11) is 0. The molecule has 36 heteroatoms. The fourth-order valence-corrected chi connectivity index (χ4v) is 11.7. The molecular weight excluding hydrogens is 1380 g/mol. The highest BCUT2D eigenvalue weighted by molar-refractivity contribution is 6.03. The van der Waals surface area contributed by atoms with Crippen LogP contribution in [-0.4, -0.2) is 236 Å². The molecular formula is C69H113N13O23. The summed E-state index contributed by atoms with van der Waals surface area (Å²) in [6.07, 6.45) is -4.95. The maximum atomic E-state index is 15.5. The van der Waals surface area contributed by atoms with Crippen molar-refractivity contribution in [3.63, 3.8) is 0 Å². The van der Waals surface area contributed by atoms with Crippen molar-refractivity contribution < 1.29 is 110 Å². The van der Waals surface area contributed by atoms with Gasteiger partial charge in [-0.3, -0.25) is 67.1 Å². The number of nitrogens with one attached hydrogen (secondary N) is 9. The van der Waals surface area contributed by atoms with Gasteiger partial charge in [-0.15, -0.1) is 0 Å². The van der Waals surface area contributed by atoms with Gasteiger partial charge in [-0.1, -0.05) is 54.0 Å². The van der Waals surface area contributed by atoms with Gasteiger partial charge in [0, 0.05) is 60.2 Å². The van der Waals surface area contributed by atoms with Crippen LogP contribution in [0.3, 0.4) is 0 Å². The minimum absolute atomic E-state index is 0.0322. The third kappa shape index (κ3) is 32.5. The van der Waals surface area contributed by atoms with Crippen LogP contribution in [0.1, 0.15) is 180 Å². The molecule has 0 spiro atoms. The van der Waals surface area contributed by atoms with E-state index < -0.39 is 206 Å². The van der Waals surface area contributed by atoms with Gasteiger partial charge in [0.15, 0.2) is 18.5 Å². The maximum absolute atomic E-state index is 15.5. The molecule has 3 heterocycles. The second kappa shape index (κ2) is 45.3. The van der Waals surface area contributed by atoms with Crippen LogP contribution in [0.15, 0.2) is 12.2 Å². The Hall–Kier alpha value is -9.06. The minimum Gasteiger partial charge on any atom is -0.463 e. The highest BCUT2D eigenvalue weighted by Crippen LogP contribution is 2.29.